The number of thiophene rings is 2. The number of pyridine rings is 2. The fourth-order valence-corrected chi connectivity index (χ4v) is 15.4. The Morgan fingerprint density at radius 3 is 1.32 bits per heavy atom. The first-order chi connectivity index (χ1) is 38.0. The maximum Gasteiger partial charge on any atom is 0.156 e. The first kappa shape index (κ1) is 41.7. The number of phenolic OH excluding ortho intramolecular Hbond substituents is 1. The van der Waals surface area contributed by atoms with Gasteiger partial charge >= 0.3 is 0 Å². The lowest BCUT2D eigenvalue weighted by atomic mass is 9.89. The van der Waals surface area contributed by atoms with Gasteiger partial charge in [0.2, 0.25) is 0 Å². The van der Waals surface area contributed by atoms with E-state index in [9.17, 15) is 5.11 Å². The molecule has 0 aliphatic rings. The quantitative estimate of drug-likeness (QED) is 0.179. The third-order valence-electron chi connectivity index (χ3n) is 16.5. The minimum atomic E-state index is 0.238. The van der Waals surface area contributed by atoms with Crippen molar-refractivity contribution in [3.63, 3.8) is 0 Å². The van der Waals surface area contributed by atoms with Gasteiger partial charge in [-0.2, -0.15) is 0 Å². The number of imidazole rings is 2. The van der Waals surface area contributed by atoms with Gasteiger partial charge in [-0.15, -0.1) is 22.7 Å². The Morgan fingerprint density at radius 1 is 0.338 bits per heavy atom. The molecule has 6 heterocycles. The molecule has 0 spiro atoms. The van der Waals surface area contributed by atoms with Crippen LogP contribution in [0.5, 0.6) is 5.75 Å². The third kappa shape index (κ3) is 5.81. The number of nitrogens with zero attached hydrogens (tertiary/aromatic N) is 4. The number of hydrogen-bond acceptors (Lipinski definition) is 5. The van der Waals surface area contributed by atoms with Crippen molar-refractivity contribution in [1.29, 1.82) is 0 Å². The van der Waals surface area contributed by atoms with Crippen LogP contribution < -0.4 is 0 Å². The van der Waals surface area contributed by atoms with Crippen molar-refractivity contribution >= 4 is 161 Å². The minimum Gasteiger partial charge on any atom is -0.507 e. The van der Waals surface area contributed by atoms with E-state index in [1.807, 2.05) is 28.7 Å². The van der Waals surface area contributed by atoms with Crippen molar-refractivity contribution in [2.24, 2.45) is 0 Å². The number of benzene rings is 12. The summed E-state index contributed by atoms with van der Waals surface area (Å²) in [6, 6.07) is 76.8. The highest BCUT2D eigenvalue weighted by atomic mass is 32.1. The molecule has 18 aromatic rings. The molecule has 0 saturated heterocycles. The summed E-state index contributed by atoms with van der Waals surface area (Å²) in [6.45, 7) is 0. The molecule has 0 amide bonds. The Kier molecular flexibility index (Phi) is 8.24. The van der Waals surface area contributed by atoms with Gasteiger partial charge in [0.1, 0.15) is 5.75 Å². The zero-order valence-corrected chi connectivity index (χ0v) is 42.5. The molecule has 6 aromatic heterocycles. The van der Waals surface area contributed by atoms with Crippen molar-refractivity contribution in [3.05, 3.63) is 225 Å². The molecule has 0 aliphatic heterocycles. The van der Waals surface area contributed by atoms with Crippen molar-refractivity contribution in [2.75, 3.05) is 0 Å². The fraction of sp³-hybridized carbons (Fsp3) is 0. The summed E-state index contributed by atoms with van der Waals surface area (Å²) in [5, 5.41) is 31.1. The van der Waals surface area contributed by atoms with Crippen LogP contribution in [0.4, 0.5) is 0 Å². The SMILES string of the molecule is Oc1ccc(-c2c3ccccc3cc3cc4nc5c6sc7ccc8ccccc8c7c6ccn5c4cc23)cc1-c1ccc(-c2c3ccccc3cc3cc4nc5c6sc7ccc8ccccc8c7c6ccn5c4cc23)cc1. The van der Waals surface area contributed by atoms with Crippen molar-refractivity contribution in [3.8, 4) is 39.1 Å². The second-order valence-electron chi connectivity index (χ2n) is 20.6. The standard InChI is InChI=1S/C70H38N4OS2/c75-60-24-21-44(64-50-16-8-4-12-43(50)32-46-35-57-59(37-55(46)64)74-30-28-52-66-48-14-6-2-10-39(48)23-26-62(66)77-68(52)70(74)72-57)33-53(60)40-17-19-41(20-18-40)63-49-15-7-3-11-42(49)31-45-34-56-58(36-54(45)63)73-29-27-51-65-47-13-5-1-9-38(47)22-25-61(65)76-67(51)69(73)71-56/h1-37,75H. The van der Waals surface area contributed by atoms with Crippen LogP contribution in [0.3, 0.4) is 0 Å². The summed E-state index contributed by atoms with van der Waals surface area (Å²) in [7, 11) is 0. The lowest BCUT2D eigenvalue weighted by Crippen LogP contribution is -1.90. The average molecular weight is 1020 g/mol. The van der Waals surface area contributed by atoms with E-state index in [2.05, 4.69) is 227 Å². The van der Waals surface area contributed by atoms with Crippen LogP contribution in [-0.4, -0.2) is 23.9 Å². The second-order valence-corrected chi connectivity index (χ2v) is 22.7. The van der Waals surface area contributed by atoms with Gasteiger partial charge in [0.15, 0.2) is 11.3 Å². The van der Waals surface area contributed by atoms with Crippen molar-refractivity contribution in [1.82, 2.24) is 18.8 Å². The molecule has 18 rings (SSSR count). The lowest BCUT2D eigenvalue weighted by molar-refractivity contribution is 0.477. The molecule has 0 fully saturated rings. The minimum absolute atomic E-state index is 0.238. The number of aromatic hydroxyl groups is 1. The van der Waals surface area contributed by atoms with Gasteiger partial charge in [0.25, 0.3) is 0 Å². The van der Waals surface area contributed by atoms with Crippen LogP contribution in [-0.2, 0) is 0 Å². The highest BCUT2D eigenvalue weighted by molar-refractivity contribution is 7.27. The monoisotopic (exact) mass is 1010 g/mol. The van der Waals surface area contributed by atoms with E-state index in [1.165, 1.54) is 83.6 Å². The molecule has 77 heavy (non-hydrogen) atoms. The predicted molar refractivity (Wildman–Crippen MR) is 328 cm³/mol. The topological polar surface area (TPSA) is 54.8 Å². The molecular formula is C70H38N4OS2. The van der Waals surface area contributed by atoms with Gasteiger partial charge in [-0.1, -0.05) is 140 Å². The first-order valence-corrected chi connectivity index (χ1v) is 27.6. The Morgan fingerprint density at radius 2 is 0.792 bits per heavy atom. The van der Waals surface area contributed by atoms with Gasteiger partial charge in [-0.3, -0.25) is 8.80 Å². The first-order valence-electron chi connectivity index (χ1n) is 26.0. The maximum atomic E-state index is 11.8. The normalized spacial score (nSPS) is 12.5. The number of rotatable bonds is 3. The van der Waals surface area contributed by atoms with Crippen LogP contribution in [0.25, 0.3) is 172 Å². The Bertz CT molecular complexity index is 5660. The van der Waals surface area contributed by atoms with Crippen molar-refractivity contribution < 1.29 is 5.11 Å². The zero-order valence-electron chi connectivity index (χ0n) is 40.9. The van der Waals surface area contributed by atoms with Gasteiger partial charge in [0, 0.05) is 48.9 Å². The summed E-state index contributed by atoms with van der Waals surface area (Å²) < 4.78 is 9.48. The van der Waals surface area contributed by atoms with Gasteiger partial charge < -0.3 is 5.11 Å². The summed E-state index contributed by atoms with van der Waals surface area (Å²) in [5.74, 6) is 0.238. The maximum absolute atomic E-state index is 11.8. The third-order valence-corrected chi connectivity index (χ3v) is 18.9. The molecular weight excluding hydrogens is 977 g/mol. The highest BCUT2D eigenvalue weighted by Gasteiger charge is 2.21. The summed E-state index contributed by atoms with van der Waals surface area (Å²) >= 11 is 3.65. The molecule has 0 saturated carbocycles. The molecule has 356 valence electrons. The van der Waals surface area contributed by atoms with Gasteiger partial charge in [-0.05, 0) is 165 Å². The molecule has 0 bridgehead atoms. The smallest absolute Gasteiger partial charge is 0.156 e. The number of hydrogen-bond donors (Lipinski definition) is 1. The molecule has 0 atom stereocenters. The summed E-state index contributed by atoms with van der Waals surface area (Å²) in [6.07, 6.45) is 4.40. The fourth-order valence-electron chi connectivity index (χ4n) is 13.0. The molecule has 0 aliphatic carbocycles. The van der Waals surface area contributed by atoms with E-state index in [4.69, 9.17) is 9.97 Å². The summed E-state index contributed by atoms with van der Waals surface area (Å²) in [5.41, 5.74) is 12.2. The molecule has 12 aromatic carbocycles. The van der Waals surface area contributed by atoms with E-state index in [0.29, 0.717) is 0 Å². The van der Waals surface area contributed by atoms with Gasteiger partial charge in [-0.25, -0.2) is 9.97 Å². The number of phenols is 1. The molecule has 7 heteroatoms. The van der Waals surface area contributed by atoms with E-state index in [-0.39, 0.29) is 5.75 Å². The molecule has 1 N–H and O–H groups in total. The Labute approximate surface area is 446 Å². The van der Waals surface area contributed by atoms with Crippen LogP contribution in [0.15, 0.2) is 225 Å². The highest BCUT2D eigenvalue weighted by Crippen LogP contribution is 2.47. The molecule has 5 nitrogen and oxygen atoms in total. The van der Waals surface area contributed by atoms with E-state index in [0.717, 1.165) is 88.1 Å². The van der Waals surface area contributed by atoms with Gasteiger partial charge in [0.05, 0.1) is 31.5 Å². The second kappa shape index (κ2) is 15.2. The molecule has 0 radical (unpaired) electrons. The Balaban J connectivity index is 0.782. The van der Waals surface area contributed by atoms with E-state index >= 15 is 0 Å². The van der Waals surface area contributed by atoms with Crippen molar-refractivity contribution in [2.45, 2.75) is 0 Å². The van der Waals surface area contributed by atoms with Crippen LogP contribution in [0, 0.1) is 0 Å². The number of aromatic nitrogens is 4. The van der Waals surface area contributed by atoms with E-state index in [1.54, 1.807) is 0 Å². The number of fused-ring (bicyclic) bond motifs is 22. The lowest BCUT2D eigenvalue weighted by Gasteiger charge is -2.15. The summed E-state index contributed by atoms with van der Waals surface area (Å²) in [4.78, 5) is 10.7. The largest absolute Gasteiger partial charge is 0.507 e. The van der Waals surface area contributed by atoms with Crippen LogP contribution in [0.2, 0.25) is 0 Å². The predicted octanol–water partition coefficient (Wildman–Crippen LogP) is 19.7. The van der Waals surface area contributed by atoms with Crippen LogP contribution >= 0.6 is 22.7 Å². The Hall–Kier alpha value is -9.66. The van der Waals surface area contributed by atoms with E-state index < -0.39 is 0 Å². The molecule has 0 unspecified atom stereocenters. The van der Waals surface area contributed by atoms with Crippen LogP contribution in [0.1, 0.15) is 0 Å². The zero-order chi connectivity index (χ0) is 50.2. The average Bonchev–Trinajstić information content (AvgIpc) is 4.39.